The fourth-order valence-electron chi connectivity index (χ4n) is 3.84. The van der Waals surface area contributed by atoms with Gasteiger partial charge in [0.15, 0.2) is 5.65 Å². The molecule has 9 nitrogen and oxygen atoms in total. The van der Waals surface area contributed by atoms with Crippen LogP contribution in [0, 0.1) is 0 Å². The largest absolute Gasteiger partial charge is 0.353 e. The van der Waals surface area contributed by atoms with Gasteiger partial charge in [-0.05, 0) is 30.3 Å². The Balaban J connectivity index is 1.23. The molecule has 0 aromatic carbocycles. The minimum Gasteiger partial charge on any atom is -0.353 e. The first-order valence-corrected chi connectivity index (χ1v) is 10.3. The molecular formula is C22H22N8O. The molecule has 9 heteroatoms. The van der Waals surface area contributed by atoms with Gasteiger partial charge in [-0.3, -0.25) is 14.7 Å². The molecule has 4 aromatic heterocycles. The summed E-state index contributed by atoms with van der Waals surface area (Å²) in [5, 5.41) is 5.51. The Morgan fingerprint density at radius 3 is 2.52 bits per heavy atom. The molecule has 5 heterocycles. The second-order valence-corrected chi connectivity index (χ2v) is 7.42. The van der Waals surface area contributed by atoms with Crippen LogP contribution in [0.15, 0.2) is 66.1 Å². The van der Waals surface area contributed by atoms with Gasteiger partial charge in [-0.15, -0.1) is 0 Å². The van der Waals surface area contributed by atoms with Crippen LogP contribution in [0.5, 0.6) is 0 Å². The predicted octanol–water partition coefficient (Wildman–Crippen LogP) is 1.47. The molecule has 0 atom stereocenters. The average molecular weight is 414 g/mol. The van der Waals surface area contributed by atoms with Crippen molar-refractivity contribution < 1.29 is 0 Å². The third kappa shape index (κ3) is 4.13. The molecule has 0 spiro atoms. The summed E-state index contributed by atoms with van der Waals surface area (Å²) in [6, 6.07) is 11.0. The third-order valence-electron chi connectivity index (χ3n) is 5.53. The van der Waals surface area contributed by atoms with Crippen LogP contribution >= 0.6 is 0 Å². The molecule has 1 aliphatic rings. The lowest BCUT2D eigenvalue weighted by molar-refractivity contribution is 0.242. The van der Waals surface area contributed by atoms with E-state index in [1.54, 1.807) is 41.7 Å². The van der Waals surface area contributed by atoms with E-state index in [0.717, 1.165) is 60.8 Å². The Hall–Kier alpha value is -3.72. The summed E-state index contributed by atoms with van der Waals surface area (Å²) in [5.74, 6) is 0.931. The molecule has 1 saturated heterocycles. The summed E-state index contributed by atoms with van der Waals surface area (Å²) >= 11 is 0. The smallest absolute Gasteiger partial charge is 0.266 e. The number of hydrogen-bond donors (Lipinski definition) is 0. The summed E-state index contributed by atoms with van der Waals surface area (Å²) in [5.41, 5.74) is 2.35. The van der Waals surface area contributed by atoms with E-state index in [9.17, 15) is 4.79 Å². The van der Waals surface area contributed by atoms with Crippen LogP contribution in [-0.2, 0) is 6.54 Å². The van der Waals surface area contributed by atoms with Gasteiger partial charge in [0.25, 0.3) is 5.56 Å². The Kier molecular flexibility index (Phi) is 5.32. The first kappa shape index (κ1) is 19.3. The van der Waals surface area contributed by atoms with Crippen molar-refractivity contribution in [3.05, 3.63) is 71.7 Å². The Labute approximate surface area is 179 Å². The van der Waals surface area contributed by atoms with Gasteiger partial charge in [-0.2, -0.15) is 5.10 Å². The first-order valence-electron chi connectivity index (χ1n) is 10.3. The monoisotopic (exact) mass is 414 g/mol. The lowest BCUT2D eigenvalue weighted by Crippen LogP contribution is -2.48. The van der Waals surface area contributed by atoms with Crippen LogP contribution in [0.3, 0.4) is 0 Å². The summed E-state index contributed by atoms with van der Waals surface area (Å²) < 4.78 is 1.55. The number of piperazine rings is 1. The molecule has 0 amide bonds. The third-order valence-corrected chi connectivity index (χ3v) is 5.53. The normalized spacial score (nSPS) is 14.8. The zero-order valence-corrected chi connectivity index (χ0v) is 17.0. The van der Waals surface area contributed by atoms with Crippen molar-refractivity contribution in [3.8, 4) is 11.3 Å². The molecule has 4 aromatic rings. The molecular weight excluding hydrogens is 392 g/mol. The molecule has 156 valence electrons. The van der Waals surface area contributed by atoms with Gasteiger partial charge in [0.2, 0.25) is 0 Å². The van der Waals surface area contributed by atoms with E-state index in [1.165, 1.54) is 0 Å². The number of anilines is 1. The minimum absolute atomic E-state index is 0.0867. The highest BCUT2D eigenvalue weighted by atomic mass is 16.1. The first-order chi connectivity index (χ1) is 15.3. The van der Waals surface area contributed by atoms with Crippen molar-refractivity contribution in [2.24, 2.45) is 0 Å². The van der Waals surface area contributed by atoms with Crippen LogP contribution in [0.2, 0.25) is 0 Å². The lowest BCUT2D eigenvalue weighted by Gasteiger charge is -2.35. The molecule has 1 fully saturated rings. The van der Waals surface area contributed by atoms with Crippen molar-refractivity contribution in [1.29, 1.82) is 0 Å². The number of hydrogen-bond acceptors (Lipinski definition) is 8. The molecule has 0 saturated carbocycles. The van der Waals surface area contributed by atoms with Crippen LogP contribution < -0.4 is 10.5 Å². The number of pyridine rings is 2. The molecule has 5 rings (SSSR count). The number of fused-ring (bicyclic) bond motifs is 1. The van der Waals surface area contributed by atoms with Crippen molar-refractivity contribution in [2.45, 2.75) is 6.54 Å². The fourth-order valence-corrected chi connectivity index (χ4v) is 3.84. The quantitative estimate of drug-likeness (QED) is 0.485. The molecule has 0 bridgehead atoms. The van der Waals surface area contributed by atoms with E-state index in [-0.39, 0.29) is 5.56 Å². The topological polar surface area (TPSA) is 92.9 Å². The standard InChI is InChI=1S/C22H22N8O/c31-20-4-3-19(17-5-8-23-9-6-17)27-30(20)15-12-28-10-13-29(14-11-28)22-18-2-1-7-24-21(18)25-16-26-22/h1-9,16H,10-15H2. The zero-order valence-electron chi connectivity index (χ0n) is 17.0. The van der Waals surface area contributed by atoms with E-state index < -0.39 is 0 Å². The maximum absolute atomic E-state index is 12.3. The Morgan fingerprint density at radius 1 is 0.839 bits per heavy atom. The predicted molar refractivity (Wildman–Crippen MR) is 118 cm³/mol. The van der Waals surface area contributed by atoms with Crippen molar-refractivity contribution in [2.75, 3.05) is 37.6 Å². The summed E-state index contributed by atoms with van der Waals surface area (Å²) in [6.45, 7) is 4.83. The fraction of sp³-hybridized carbons (Fsp3) is 0.273. The highest BCUT2D eigenvalue weighted by Gasteiger charge is 2.20. The summed E-state index contributed by atoms with van der Waals surface area (Å²) in [6.07, 6.45) is 6.77. The summed E-state index contributed by atoms with van der Waals surface area (Å²) in [7, 11) is 0. The van der Waals surface area contributed by atoms with Gasteiger partial charge < -0.3 is 4.90 Å². The van der Waals surface area contributed by atoms with Gasteiger partial charge in [0.05, 0.1) is 17.6 Å². The van der Waals surface area contributed by atoms with Crippen molar-refractivity contribution in [1.82, 2.24) is 34.6 Å². The molecule has 1 aliphatic heterocycles. The van der Waals surface area contributed by atoms with Crippen molar-refractivity contribution in [3.63, 3.8) is 0 Å². The highest BCUT2D eigenvalue weighted by Crippen LogP contribution is 2.22. The minimum atomic E-state index is -0.0867. The van der Waals surface area contributed by atoms with E-state index >= 15 is 0 Å². The second-order valence-electron chi connectivity index (χ2n) is 7.42. The van der Waals surface area contributed by atoms with Crippen molar-refractivity contribution >= 4 is 16.9 Å². The van der Waals surface area contributed by atoms with Gasteiger partial charge in [-0.1, -0.05) is 0 Å². The van der Waals surface area contributed by atoms with Crippen LogP contribution in [0.25, 0.3) is 22.3 Å². The van der Waals surface area contributed by atoms with Gasteiger partial charge >= 0.3 is 0 Å². The molecule has 0 N–H and O–H groups in total. The number of nitrogens with zero attached hydrogens (tertiary/aromatic N) is 8. The second kappa shape index (κ2) is 8.57. The van der Waals surface area contributed by atoms with E-state index in [0.29, 0.717) is 6.54 Å². The summed E-state index contributed by atoms with van der Waals surface area (Å²) in [4.78, 5) is 34.0. The maximum atomic E-state index is 12.3. The van der Waals surface area contributed by atoms with Gasteiger partial charge in [-0.25, -0.2) is 19.6 Å². The molecule has 31 heavy (non-hydrogen) atoms. The highest BCUT2D eigenvalue weighted by molar-refractivity contribution is 5.86. The SMILES string of the molecule is O=c1ccc(-c2ccncc2)nn1CCN1CCN(c2ncnc3ncccc23)CC1. The van der Waals surface area contributed by atoms with Gasteiger partial charge in [0, 0.05) is 62.9 Å². The van der Waals surface area contributed by atoms with Crippen LogP contribution in [0.1, 0.15) is 0 Å². The Bertz CT molecular complexity index is 1230. The van der Waals surface area contributed by atoms with E-state index in [2.05, 4.69) is 34.8 Å². The Morgan fingerprint density at radius 2 is 1.68 bits per heavy atom. The average Bonchev–Trinajstić information content (AvgIpc) is 2.84. The van der Waals surface area contributed by atoms with Gasteiger partial charge in [0.1, 0.15) is 12.1 Å². The van der Waals surface area contributed by atoms with Crippen LogP contribution in [0.4, 0.5) is 5.82 Å². The number of rotatable bonds is 5. The lowest BCUT2D eigenvalue weighted by atomic mass is 10.2. The maximum Gasteiger partial charge on any atom is 0.266 e. The molecule has 0 aliphatic carbocycles. The molecule has 0 unspecified atom stereocenters. The van der Waals surface area contributed by atoms with E-state index in [1.807, 2.05) is 24.3 Å². The van der Waals surface area contributed by atoms with E-state index in [4.69, 9.17) is 0 Å². The zero-order chi connectivity index (χ0) is 21.0. The van der Waals surface area contributed by atoms with Crippen LogP contribution in [-0.4, -0.2) is 67.3 Å². The molecule has 0 radical (unpaired) electrons. The number of aromatic nitrogens is 6.